The Morgan fingerprint density at radius 3 is 2.53 bits per heavy atom. The van der Waals surface area contributed by atoms with Crippen molar-refractivity contribution < 1.29 is 4.92 Å². The number of quaternary nitrogens is 1. The quantitative estimate of drug-likeness (QED) is 0.388. The van der Waals surface area contributed by atoms with Crippen molar-refractivity contribution in [3.63, 3.8) is 0 Å². The Hall–Kier alpha value is -1.33. The van der Waals surface area contributed by atoms with Crippen molar-refractivity contribution >= 4 is 30.1 Å². The molecular formula is C12H15N2O2S+. The van der Waals surface area contributed by atoms with Gasteiger partial charge in [-0.1, -0.05) is 12.6 Å². The molecule has 4 nitrogen and oxygen atoms in total. The summed E-state index contributed by atoms with van der Waals surface area (Å²) in [5, 5.41) is 11.7. The van der Waals surface area contributed by atoms with Gasteiger partial charge in [0, 0.05) is 29.8 Å². The second-order valence-electron chi connectivity index (χ2n) is 4.10. The Labute approximate surface area is 106 Å². The fraction of sp³-hybridized carbons (Fsp3) is 0.333. The minimum absolute atomic E-state index is 0.133. The Balaban J connectivity index is 2.59. The standard InChI is InChI=1S/C12H14N2O2S/c1-3-14(4-2)11-6-5-10(13(15)16)7-9(11)8-12(14)17/h5-8H,3-4H2,1-2H3/p+1. The molecule has 5 heteroatoms. The summed E-state index contributed by atoms with van der Waals surface area (Å²) in [4.78, 5) is 10.4. The predicted molar refractivity (Wildman–Crippen MR) is 72.9 cm³/mol. The molecule has 0 N–H and O–H groups in total. The molecule has 0 aromatic heterocycles. The van der Waals surface area contributed by atoms with E-state index in [1.54, 1.807) is 12.1 Å². The first-order valence-corrected chi connectivity index (χ1v) is 6.07. The summed E-state index contributed by atoms with van der Waals surface area (Å²) in [7, 11) is 0. The normalized spacial score (nSPS) is 16.5. The van der Waals surface area contributed by atoms with Crippen LogP contribution in [0.25, 0.3) is 6.08 Å². The summed E-state index contributed by atoms with van der Waals surface area (Å²) in [5.74, 6) is 0. The molecule has 1 aliphatic heterocycles. The van der Waals surface area contributed by atoms with Gasteiger partial charge in [0.2, 0.25) is 0 Å². The first kappa shape index (κ1) is 12.1. The lowest BCUT2D eigenvalue weighted by molar-refractivity contribution is -0.384. The molecule has 0 amide bonds. The topological polar surface area (TPSA) is 43.1 Å². The summed E-state index contributed by atoms with van der Waals surface area (Å²) in [6, 6.07) is 5.04. The third-order valence-electron chi connectivity index (χ3n) is 3.49. The van der Waals surface area contributed by atoms with Crippen LogP contribution in [0.1, 0.15) is 19.4 Å². The van der Waals surface area contributed by atoms with Gasteiger partial charge in [-0.25, -0.2) is 0 Å². The van der Waals surface area contributed by atoms with Gasteiger partial charge in [-0.15, -0.1) is 0 Å². The maximum absolute atomic E-state index is 10.7. The second kappa shape index (κ2) is 4.16. The Kier molecular flexibility index (Phi) is 2.97. The molecule has 17 heavy (non-hydrogen) atoms. The van der Waals surface area contributed by atoms with E-state index in [-0.39, 0.29) is 10.6 Å². The molecule has 0 saturated carbocycles. The molecule has 0 aliphatic carbocycles. The molecule has 0 atom stereocenters. The summed E-state index contributed by atoms with van der Waals surface area (Å²) >= 11 is 4.53. The van der Waals surface area contributed by atoms with Crippen LogP contribution in [-0.4, -0.2) is 18.0 Å². The maximum Gasteiger partial charge on any atom is 0.270 e. The van der Waals surface area contributed by atoms with Crippen LogP contribution in [-0.2, 0) is 0 Å². The molecule has 1 aromatic carbocycles. The third kappa shape index (κ3) is 1.66. The molecule has 0 unspecified atom stereocenters. The fourth-order valence-corrected chi connectivity index (χ4v) is 2.96. The van der Waals surface area contributed by atoms with E-state index in [0.29, 0.717) is 4.48 Å². The van der Waals surface area contributed by atoms with Crippen LogP contribution >= 0.6 is 12.6 Å². The van der Waals surface area contributed by atoms with E-state index in [1.165, 1.54) is 0 Å². The van der Waals surface area contributed by atoms with E-state index in [2.05, 4.69) is 26.5 Å². The Morgan fingerprint density at radius 2 is 2.00 bits per heavy atom. The summed E-state index contributed by atoms with van der Waals surface area (Å²) in [5.41, 5.74) is 2.15. The highest BCUT2D eigenvalue weighted by Gasteiger charge is 2.38. The highest BCUT2D eigenvalue weighted by atomic mass is 32.1. The average molecular weight is 251 g/mol. The van der Waals surface area contributed by atoms with E-state index < -0.39 is 0 Å². The van der Waals surface area contributed by atoms with Gasteiger partial charge in [0.1, 0.15) is 5.69 Å². The number of nitro benzene ring substituents is 1. The monoisotopic (exact) mass is 251 g/mol. The molecule has 2 rings (SSSR count). The number of nitro groups is 1. The van der Waals surface area contributed by atoms with Crippen molar-refractivity contribution in [3.05, 3.63) is 38.9 Å². The molecule has 0 spiro atoms. The summed E-state index contributed by atoms with van der Waals surface area (Å²) in [6.07, 6.45) is 1.93. The fourth-order valence-electron chi connectivity index (χ4n) is 2.44. The molecule has 90 valence electrons. The van der Waals surface area contributed by atoms with Crippen LogP contribution in [0.4, 0.5) is 11.4 Å². The van der Waals surface area contributed by atoms with Gasteiger partial charge in [-0.3, -0.25) is 14.6 Å². The molecule has 0 fully saturated rings. The van der Waals surface area contributed by atoms with Gasteiger partial charge in [-0.2, -0.15) is 0 Å². The molecule has 1 aromatic rings. The van der Waals surface area contributed by atoms with Crippen LogP contribution in [0.2, 0.25) is 0 Å². The summed E-state index contributed by atoms with van der Waals surface area (Å²) < 4.78 is 0.677. The van der Waals surface area contributed by atoms with Crippen LogP contribution in [0.5, 0.6) is 0 Å². The number of benzene rings is 1. The van der Waals surface area contributed by atoms with E-state index >= 15 is 0 Å². The summed E-state index contributed by atoms with van der Waals surface area (Å²) in [6.45, 7) is 6.00. The Morgan fingerprint density at radius 1 is 1.35 bits per heavy atom. The van der Waals surface area contributed by atoms with E-state index in [4.69, 9.17) is 0 Å². The minimum Gasteiger partial charge on any atom is -0.258 e. The number of hydrogen-bond donors (Lipinski definition) is 1. The van der Waals surface area contributed by atoms with E-state index in [1.807, 2.05) is 12.1 Å². The van der Waals surface area contributed by atoms with Gasteiger partial charge in [0.05, 0.1) is 18.0 Å². The van der Waals surface area contributed by atoms with Gasteiger partial charge < -0.3 is 0 Å². The van der Waals surface area contributed by atoms with Crippen LogP contribution < -0.4 is 4.48 Å². The lowest BCUT2D eigenvalue weighted by atomic mass is 10.1. The van der Waals surface area contributed by atoms with Crippen molar-refractivity contribution in [1.29, 1.82) is 0 Å². The van der Waals surface area contributed by atoms with Crippen molar-refractivity contribution in [1.82, 2.24) is 4.48 Å². The van der Waals surface area contributed by atoms with Crippen molar-refractivity contribution in [2.45, 2.75) is 13.8 Å². The molecule has 0 radical (unpaired) electrons. The lowest BCUT2D eigenvalue weighted by Crippen LogP contribution is -2.44. The largest absolute Gasteiger partial charge is 0.270 e. The Bertz CT molecular complexity index is 507. The zero-order valence-corrected chi connectivity index (χ0v) is 10.8. The highest BCUT2D eigenvalue weighted by molar-refractivity contribution is 7.84. The molecule has 1 aliphatic rings. The van der Waals surface area contributed by atoms with Gasteiger partial charge in [0.15, 0.2) is 5.03 Å². The number of hydrogen-bond acceptors (Lipinski definition) is 3. The van der Waals surface area contributed by atoms with Crippen LogP contribution in [0, 0.1) is 10.1 Å². The van der Waals surface area contributed by atoms with Gasteiger partial charge in [0.25, 0.3) is 5.69 Å². The van der Waals surface area contributed by atoms with Crippen LogP contribution in [0.3, 0.4) is 0 Å². The lowest BCUT2D eigenvalue weighted by Gasteiger charge is -2.32. The predicted octanol–water partition coefficient (Wildman–Crippen LogP) is 3.18. The first-order valence-electron chi connectivity index (χ1n) is 5.62. The van der Waals surface area contributed by atoms with Gasteiger partial charge >= 0.3 is 0 Å². The zero-order chi connectivity index (χ0) is 12.6. The van der Waals surface area contributed by atoms with E-state index in [9.17, 15) is 10.1 Å². The number of fused-ring (bicyclic) bond motifs is 1. The molecule has 1 heterocycles. The molecule has 0 bridgehead atoms. The SMILES string of the molecule is CC[N+]1(CC)C(S)=Cc2cc([N+](=O)[O-])ccc21. The van der Waals surface area contributed by atoms with Crippen molar-refractivity contribution in [2.24, 2.45) is 0 Å². The minimum atomic E-state index is -0.364. The highest BCUT2D eigenvalue weighted by Crippen LogP contribution is 2.42. The van der Waals surface area contributed by atoms with Crippen molar-refractivity contribution in [3.8, 4) is 0 Å². The van der Waals surface area contributed by atoms with E-state index in [0.717, 1.165) is 29.4 Å². The molecular weight excluding hydrogens is 236 g/mol. The number of nitrogens with zero attached hydrogens (tertiary/aromatic N) is 2. The van der Waals surface area contributed by atoms with Gasteiger partial charge in [-0.05, 0) is 13.8 Å². The average Bonchev–Trinajstić information content (AvgIpc) is 2.60. The van der Waals surface area contributed by atoms with Crippen molar-refractivity contribution in [2.75, 3.05) is 13.1 Å². The number of thiol groups is 1. The molecule has 0 saturated heterocycles. The third-order valence-corrected chi connectivity index (χ3v) is 4.00. The smallest absolute Gasteiger partial charge is 0.258 e. The second-order valence-corrected chi connectivity index (χ2v) is 4.56. The maximum atomic E-state index is 10.7. The zero-order valence-electron chi connectivity index (χ0n) is 9.88. The number of rotatable bonds is 3. The first-order chi connectivity index (χ1) is 8.05. The van der Waals surface area contributed by atoms with Crippen LogP contribution in [0.15, 0.2) is 23.2 Å². The number of non-ortho nitro benzene ring substituents is 1.